The van der Waals surface area contributed by atoms with Crippen LogP contribution in [0.25, 0.3) is 0 Å². The molecule has 4 aromatic rings. The SMILES string of the molecule is O=C(Nc1ncn(Cc2ccccc2Cl)n1)c1cc(COc2ccc(F)cc2)cs1. The summed E-state index contributed by atoms with van der Waals surface area (Å²) in [5, 5.41) is 9.43. The smallest absolute Gasteiger partial charge is 0.268 e. The van der Waals surface area contributed by atoms with Gasteiger partial charge in [0.2, 0.25) is 5.95 Å². The van der Waals surface area contributed by atoms with Crippen molar-refractivity contribution in [3.63, 3.8) is 0 Å². The minimum atomic E-state index is -0.320. The fraction of sp³-hybridized carbons (Fsp3) is 0.0952. The fourth-order valence-electron chi connectivity index (χ4n) is 2.66. The van der Waals surface area contributed by atoms with Crippen molar-refractivity contribution in [3.8, 4) is 5.75 Å². The molecule has 0 aliphatic heterocycles. The summed E-state index contributed by atoms with van der Waals surface area (Å²) in [6.45, 7) is 0.729. The van der Waals surface area contributed by atoms with Gasteiger partial charge in [0, 0.05) is 10.6 Å². The van der Waals surface area contributed by atoms with Gasteiger partial charge in [-0.05, 0) is 47.3 Å². The highest BCUT2D eigenvalue weighted by molar-refractivity contribution is 7.12. The van der Waals surface area contributed by atoms with Crippen LogP contribution in [0.2, 0.25) is 5.02 Å². The van der Waals surface area contributed by atoms with E-state index in [1.165, 1.54) is 29.8 Å². The number of rotatable bonds is 7. The number of benzene rings is 2. The van der Waals surface area contributed by atoms with Crippen molar-refractivity contribution >= 4 is 34.8 Å². The van der Waals surface area contributed by atoms with Gasteiger partial charge >= 0.3 is 0 Å². The molecule has 0 spiro atoms. The van der Waals surface area contributed by atoms with Crippen LogP contribution in [-0.2, 0) is 13.2 Å². The number of aromatic nitrogens is 3. The van der Waals surface area contributed by atoms with Crippen LogP contribution < -0.4 is 10.1 Å². The normalized spacial score (nSPS) is 10.7. The number of thiophene rings is 1. The zero-order valence-corrected chi connectivity index (χ0v) is 17.2. The lowest BCUT2D eigenvalue weighted by Crippen LogP contribution is -2.12. The Kier molecular flexibility index (Phi) is 6.06. The van der Waals surface area contributed by atoms with E-state index in [0.717, 1.165) is 11.1 Å². The summed E-state index contributed by atoms with van der Waals surface area (Å²) in [7, 11) is 0. The molecule has 0 radical (unpaired) electrons. The van der Waals surface area contributed by atoms with Crippen molar-refractivity contribution < 1.29 is 13.9 Å². The Labute approximate surface area is 180 Å². The van der Waals surface area contributed by atoms with Crippen LogP contribution in [0.3, 0.4) is 0 Å². The van der Waals surface area contributed by atoms with E-state index in [1.54, 1.807) is 22.9 Å². The van der Waals surface area contributed by atoms with Crippen molar-refractivity contribution in [2.45, 2.75) is 13.2 Å². The number of nitrogens with one attached hydrogen (secondary N) is 1. The second-order valence-corrected chi connectivity index (χ2v) is 7.69. The molecule has 0 aliphatic carbocycles. The molecule has 2 heterocycles. The predicted octanol–water partition coefficient (Wildman–Crippen LogP) is 5.01. The van der Waals surface area contributed by atoms with Crippen LogP contribution in [0, 0.1) is 5.82 Å². The van der Waals surface area contributed by atoms with Gasteiger partial charge in [-0.2, -0.15) is 0 Å². The predicted molar refractivity (Wildman–Crippen MR) is 114 cm³/mol. The first-order valence-electron chi connectivity index (χ1n) is 8.97. The van der Waals surface area contributed by atoms with Crippen molar-refractivity contribution in [1.82, 2.24) is 14.8 Å². The Morgan fingerprint density at radius 3 is 2.80 bits per heavy atom. The zero-order chi connectivity index (χ0) is 20.9. The van der Waals surface area contributed by atoms with Gasteiger partial charge in [-0.3, -0.25) is 10.1 Å². The minimum absolute atomic E-state index is 0.213. The van der Waals surface area contributed by atoms with Crippen molar-refractivity contribution in [2.75, 3.05) is 5.32 Å². The highest BCUT2D eigenvalue weighted by Gasteiger charge is 2.13. The van der Waals surface area contributed by atoms with Crippen molar-refractivity contribution in [3.05, 3.63) is 93.1 Å². The van der Waals surface area contributed by atoms with E-state index >= 15 is 0 Å². The average molecular weight is 443 g/mol. The zero-order valence-electron chi connectivity index (χ0n) is 15.6. The van der Waals surface area contributed by atoms with E-state index in [2.05, 4.69) is 15.4 Å². The number of hydrogen-bond donors (Lipinski definition) is 1. The third-order valence-corrected chi connectivity index (χ3v) is 5.50. The molecule has 9 heteroatoms. The van der Waals surface area contributed by atoms with Crippen molar-refractivity contribution in [2.24, 2.45) is 0 Å². The van der Waals surface area contributed by atoms with Gasteiger partial charge in [0.05, 0.1) is 11.4 Å². The highest BCUT2D eigenvalue weighted by atomic mass is 35.5. The summed E-state index contributed by atoms with van der Waals surface area (Å²) in [6.07, 6.45) is 1.54. The van der Waals surface area contributed by atoms with Gasteiger partial charge in [-0.15, -0.1) is 16.4 Å². The van der Waals surface area contributed by atoms with E-state index in [-0.39, 0.29) is 24.3 Å². The van der Waals surface area contributed by atoms with Crippen LogP contribution in [0.4, 0.5) is 10.3 Å². The molecule has 0 aliphatic rings. The molecular formula is C21H16ClFN4O2S. The summed E-state index contributed by atoms with van der Waals surface area (Å²) in [5.41, 5.74) is 1.75. The number of carbonyl (C=O) groups is 1. The summed E-state index contributed by atoms with van der Waals surface area (Å²) in [5.74, 6) is 0.148. The van der Waals surface area contributed by atoms with E-state index < -0.39 is 0 Å². The summed E-state index contributed by atoms with van der Waals surface area (Å²) in [6, 6.07) is 15.0. The maximum absolute atomic E-state index is 12.9. The molecule has 0 saturated heterocycles. The first-order valence-corrected chi connectivity index (χ1v) is 10.2. The molecule has 2 aromatic heterocycles. The maximum atomic E-state index is 12.9. The Balaban J connectivity index is 1.34. The third kappa shape index (κ3) is 5.03. The van der Waals surface area contributed by atoms with Crippen LogP contribution >= 0.6 is 22.9 Å². The molecular weight excluding hydrogens is 427 g/mol. The molecule has 0 atom stereocenters. The summed E-state index contributed by atoms with van der Waals surface area (Å²) in [4.78, 5) is 17.1. The molecule has 0 bridgehead atoms. The molecule has 6 nitrogen and oxygen atoms in total. The number of carbonyl (C=O) groups excluding carboxylic acids is 1. The van der Waals surface area contributed by atoms with Gasteiger partial charge in [0.15, 0.2) is 0 Å². The van der Waals surface area contributed by atoms with Gasteiger partial charge in [0.1, 0.15) is 24.5 Å². The van der Waals surface area contributed by atoms with E-state index in [9.17, 15) is 9.18 Å². The topological polar surface area (TPSA) is 69.0 Å². The first kappa shape index (κ1) is 20.1. The molecule has 0 unspecified atom stereocenters. The van der Waals surface area contributed by atoms with Gasteiger partial charge in [-0.25, -0.2) is 14.1 Å². The highest BCUT2D eigenvalue weighted by Crippen LogP contribution is 2.20. The van der Waals surface area contributed by atoms with Gasteiger partial charge in [-0.1, -0.05) is 29.8 Å². The number of halogens is 2. The Morgan fingerprint density at radius 2 is 2.00 bits per heavy atom. The fourth-order valence-corrected chi connectivity index (χ4v) is 3.65. The van der Waals surface area contributed by atoms with Crippen LogP contribution in [-0.4, -0.2) is 20.7 Å². The number of anilines is 1. The maximum Gasteiger partial charge on any atom is 0.268 e. The lowest BCUT2D eigenvalue weighted by Gasteiger charge is -2.04. The Hall–Kier alpha value is -3.23. The lowest BCUT2D eigenvalue weighted by molar-refractivity contribution is 0.102. The first-order chi connectivity index (χ1) is 14.6. The van der Waals surface area contributed by atoms with Crippen molar-refractivity contribution in [1.29, 1.82) is 0 Å². The molecule has 0 saturated carbocycles. The monoisotopic (exact) mass is 442 g/mol. The van der Waals surface area contributed by atoms with Gasteiger partial charge in [0.25, 0.3) is 5.91 Å². The van der Waals surface area contributed by atoms with E-state index in [4.69, 9.17) is 16.3 Å². The molecule has 30 heavy (non-hydrogen) atoms. The van der Waals surface area contributed by atoms with E-state index in [0.29, 0.717) is 22.2 Å². The van der Waals surface area contributed by atoms with Crippen LogP contribution in [0.5, 0.6) is 5.75 Å². The molecule has 1 amide bonds. The molecule has 4 rings (SSSR count). The standard InChI is InChI=1S/C21H16ClFN4O2S/c22-18-4-2-1-3-15(18)10-27-13-24-21(26-27)25-20(28)19-9-14(12-30-19)11-29-17-7-5-16(23)6-8-17/h1-9,12-13H,10-11H2,(H,25,26,28). The number of hydrogen-bond acceptors (Lipinski definition) is 5. The average Bonchev–Trinajstić information content (AvgIpc) is 3.39. The lowest BCUT2D eigenvalue weighted by atomic mass is 10.2. The van der Waals surface area contributed by atoms with Gasteiger partial charge < -0.3 is 4.74 Å². The second kappa shape index (κ2) is 9.06. The minimum Gasteiger partial charge on any atom is -0.489 e. The summed E-state index contributed by atoms with van der Waals surface area (Å²) >= 11 is 7.46. The largest absolute Gasteiger partial charge is 0.489 e. The molecule has 152 valence electrons. The quantitative estimate of drug-likeness (QED) is 0.436. The number of ether oxygens (including phenoxy) is 1. The second-order valence-electron chi connectivity index (χ2n) is 6.37. The van der Waals surface area contributed by atoms with Crippen LogP contribution in [0.15, 0.2) is 66.3 Å². The number of nitrogens with zero attached hydrogens (tertiary/aromatic N) is 3. The number of amides is 1. The third-order valence-electron chi connectivity index (χ3n) is 4.15. The van der Waals surface area contributed by atoms with Crippen LogP contribution in [0.1, 0.15) is 20.8 Å². The molecule has 1 N–H and O–H groups in total. The Morgan fingerprint density at radius 1 is 1.20 bits per heavy atom. The van der Waals surface area contributed by atoms with E-state index in [1.807, 2.05) is 29.6 Å². The molecule has 2 aromatic carbocycles. The summed E-state index contributed by atoms with van der Waals surface area (Å²) < 4.78 is 20.1. The molecule has 0 fully saturated rings. The Bertz CT molecular complexity index is 1160.